The minimum Gasteiger partial charge on any atom is -0.306 e. The van der Waals surface area contributed by atoms with E-state index in [0.29, 0.717) is 6.04 Å². The molecule has 0 spiro atoms. The van der Waals surface area contributed by atoms with Crippen LogP contribution in [0.15, 0.2) is 17.5 Å². The van der Waals surface area contributed by atoms with Gasteiger partial charge in [0.1, 0.15) is 0 Å². The second-order valence-corrected chi connectivity index (χ2v) is 5.75. The molecule has 3 atom stereocenters. The van der Waals surface area contributed by atoms with Crippen molar-refractivity contribution in [3.05, 3.63) is 22.4 Å². The molecule has 1 saturated carbocycles. The molecule has 1 aliphatic carbocycles. The molecule has 15 heavy (non-hydrogen) atoms. The zero-order valence-electron chi connectivity index (χ0n) is 9.70. The zero-order chi connectivity index (χ0) is 10.7. The summed E-state index contributed by atoms with van der Waals surface area (Å²) in [5, 5.41) is 5.95. The molecule has 1 heterocycles. The maximum absolute atomic E-state index is 3.78. The van der Waals surface area contributed by atoms with Crippen molar-refractivity contribution in [1.82, 2.24) is 5.32 Å². The quantitative estimate of drug-likeness (QED) is 0.817. The molecule has 2 rings (SSSR count). The van der Waals surface area contributed by atoms with Crippen molar-refractivity contribution in [3.63, 3.8) is 0 Å². The monoisotopic (exact) mass is 223 g/mol. The van der Waals surface area contributed by atoms with Gasteiger partial charge in [-0.15, -0.1) is 11.3 Å². The molecule has 1 fully saturated rings. The van der Waals surface area contributed by atoms with E-state index in [2.05, 4.69) is 36.7 Å². The molecule has 0 aromatic carbocycles. The average molecular weight is 223 g/mol. The van der Waals surface area contributed by atoms with E-state index >= 15 is 0 Å². The van der Waals surface area contributed by atoms with Gasteiger partial charge < -0.3 is 5.32 Å². The third-order valence-corrected chi connectivity index (χ3v) is 4.60. The van der Waals surface area contributed by atoms with Crippen LogP contribution in [0.3, 0.4) is 0 Å². The van der Waals surface area contributed by atoms with Crippen LogP contribution >= 0.6 is 11.3 Å². The molecule has 0 saturated heterocycles. The van der Waals surface area contributed by atoms with Gasteiger partial charge in [-0.2, -0.15) is 0 Å². The van der Waals surface area contributed by atoms with Gasteiger partial charge in [-0.25, -0.2) is 0 Å². The van der Waals surface area contributed by atoms with Gasteiger partial charge in [-0.05, 0) is 37.1 Å². The predicted octanol–water partition coefficient (Wildman–Crippen LogP) is 3.98. The van der Waals surface area contributed by atoms with Crippen LogP contribution in [-0.4, -0.2) is 6.04 Å². The molecule has 1 nitrogen and oxygen atoms in total. The number of hydrogen-bond donors (Lipinski definition) is 1. The Balaban J connectivity index is 1.90. The molecule has 84 valence electrons. The molecular weight excluding hydrogens is 202 g/mol. The summed E-state index contributed by atoms with van der Waals surface area (Å²) in [7, 11) is 0. The molecule has 1 aromatic rings. The van der Waals surface area contributed by atoms with Crippen LogP contribution in [-0.2, 0) is 0 Å². The third-order valence-electron chi connectivity index (χ3n) is 3.55. The fourth-order valence-corrected chi connectivity index (χ4v) is 3.25. The second-order valence-electron chi connectivity index (χ2n) is 4.77. The van der Waals surface area contributed by atoms with Crippen molar-refractivity contribution in [3.8, 4) is 0 Å². The van der Waals surface area contributed by atoms with Crippen LogP contribution in [0.25, 0.3) is 0 Å². The minimum absolute atomic E-state index is 0.524. The summed E-state index contributed by atoms with van der Waals surface area (Å²) in [5.74, 6) is 0.848. The lowest BCUT2D eigenvalue weighted by Crippen LogP contribution is -2.38. The first-order valence-corrected chi connectivity index (χ1v) is 6.95. The first kappa shape index (κ1) is 11.2. The van der Waals surface area contributed by atoms with Crippen molar-refractivity contribution in [2.75, 3.05) is 0 Å². The smallest absolute Gasteiger partial charge is 0.0388 e. The molecule has 1 aromatic heterocycles. The highest BCUT2D eigenvalue weighted by molar-refractivity contribution is 7.10. The summed E-state index contributed by atoms with van der Waals surface area (Å²) in [6.45, 7) is 4.67. The van der Waals surface area contributed by atoms with Gasteiger partial charge in [0, 0.05) is 17.0 Å². The average Bonchev–Trinajstić information content (AvgIpc) is 2.74. The van der Waals surface area contributed by atoms with Crippen molar-refractivity contribution < 1.29 is 0 Å². The van der Waals surface area contributed by atoms with Crippen LogP contribution in [0.1, 0.15) is 50.4 Å². The van der Waals surface area contributed by atoms with Gasteiger partial charge >= 0.3 is 0 Å². The van der Waals surface area contributed by atoms with E-state index in [-0.39, 0.29) is 0 Å². The molecule has 1 aliphatic rings. The van der Waals surface area contributed by atoms with Crippen LogP contribution in [0, 0.1) is 5.92 Å². The lowest BCUT2D eigenvalue weighted by Gasteiger charge is -2.32. The lowest BCUT2D eigenvalue weighted by atomic mass is 9.85. The van der Waals surface area contributed by atoms with Crippen LogP contribution in [0.4, 0.5) is 0 Å². The van der Waals surface area contributed by atoms with E-state index in [1.54, 1.807) is 0 Å². The SMILES string of the molecule is C[C@H](N[C@H]1CCCC[C@@H]1C)c1cccs1. The predicted molar refractivity (Wildman–Crippen MR) is 67.3 cm³/mol. The molecule has 1 N–H and O–H groups in total. The van der Waals surface area contributed by atoms with E-state index < -0.39 is 0 Å². The maximum atomic E-state index is 3.78. The van der Waals surface area contributed by atoms with Gasteiger partial charge in [-0.1, -0.05) is 25.8 Å². The highest BCUT2D eigenvalue weighted by Gasteiger charge is 2.22. The molecule has 2 heteroatoms. The van der Waals surface area contributed by atoms with Crippen molar-refractivity contribution in [2.24, 2.45) is 5.92 Å². The summed E-state index contributed by atoms with van der Waals surface area (Å²) in [6.07, 6.45) is 5.58. The van der Waals surface area contributed by atoms with Gasteiger partial charge in [0.05, 0.1) is 0 Å². The van der Waals surface area contributed by atoms with E-state index in [9.17, 15) is 0 Å². The van der Waals surface area contributed by atoms with E-state index in [4.69, 9.17) is 0 Å². The summed E-state index contributed by atoms with van der Waals surface area (Å²) in [5.41, 5.74) is 0. The summed E-state index contributed by atoms with van der Waals surface area (Å²) < 4.78 is 0. The van der Waals surface area contributed by atoms with Gasteiger partial charge in [-0.3, -0.25) is 0 Å². The van der Waals surface area contributed by atoms with E-state index in [1.165, 1.54) is 30.6 Å². The third kappa shape index (κ3) is 2.82. The summed E-state index contributed by atoms with van der Waals surface area (Å²) >= 11 is 1.86. The number of hydrogen-bond acceptors (Lipinski definition) is 2. The summed E-state index contributed by atoms with van der Waals surface area (Å²) in [4.78, 5) is 1.47. The topological polar surface area (TPSA) is 12.0 Å². The lowest BCUT2D eigenvalue weighted by molar-refractivity contribution is 0.264. The van der Waals surface area contributed by atoms with Crippen molar-refractivity contribution in [1.29, 1.82) is 0 Å². The molecule has 0 radical (unpaired) electrons. The maximum Gasteiger partial charge on any atom is 0.0388 e. The van der Waals surface area contributed by atoms with Gasteiger partial charge in [0.2, 0.25) is 0 Å². The van der Waals surface area contributed by atoms with Crippen LogP contribution < -0.4 is 5.32 Å². The number of thiophene rings is 1. The standard InChI is InChI=1S/C13H21NS/c1-10-6-3-4-7-12(10)14-11(2)13-8-5-9-15-13/h5,8-12,14H,3-4,6-7H2,1-2H3/t10-,11-,12-/m0/s1. The Morgan fingerprint density at radius 3 is 2.87 bits per heavy atom. The van der Waals surface area contributed by atoms with Crippen LogP contribution in [0.5, 0.6) is 0 Å². The number of rotatable bonds is 3. The van der Waals surface area contributed by atoms with Gasteiger partial charge in [0.25, 0.3) is 0 Å². The second kappa shape index (κ2) is 5.13. The highest BCUT2D eigenvalue weighted by atomic mass is 32.1. The van der Waals surface area contributed by atoms with Crippen molar-refractivity contribution in [2.45, 2.75) is 51.6 Å². The van der Waals surface area contributed by atoms with Gasteiger partial charge in [0.15, 0.2) is 0 Å². The first-order valence-electron chi connectivity index (χ1n) is 6.07. The fourth-order valence-electron chi connectivity index (χ4n) is 2.50. The summed E-state index contributed by atoms with van der Waals surface area (Å²) in [6, 6.07) is 5.63. The molecular formula is C13H21NS. The minimum atomic E-state index is 0.524. The molecule has 0 amide bonds. The van der Waals surface area contributed by atoms with E-state index in [1.807, 2.05) is 11.3 Å². The Labute approximate surface area is 96.9 Å². The Hall–Kier alpha value is -0.340. The van der Waals surface area contributed by atoms with Crippen molar-refractivity contribution >= 4 is 11.3 Å². The Morgan fingerprint density at radius 1 is 1.40 bits per heavy atom. The number of nitrogens with one attached hydrogen (secondary N) is 1. The Kier molecular flexibility index (Phi) is 3.81. The van der Waals surface area contributed by atoms with Crippen LogP contribution in [0.2, 0.25) is 0 Å². The molecule has 0 unspecified atom stereocenters. The molecule has 0 aliphatic heterocycles. The largest absolute Gasteiger partial charge is 0.306 e. The normalized spacial score (nSPS) is 28.9. The molecule has 0 bridgehead atoms. The Morgan fingerprint density at radius 2 is 2.20 bits per heavy atom. The van der Waals surface area contributed by atoms with E-state index in [0.717, 1.165) is 12.0 Å². The Bertz CT molecular complexity index is 281. The first-order chi connectivity index (χ1) is 7.27. The fraction of sp³-hybridized carbons (Fsp3) is 0.692. The highest BCUT2D eigenvalue weighted by Crippen LogP contribution is 2.27. The zero-order valence-corrected chi connectivity index (χ0v) is 10.5.